The van der Waals surface area contributed by atoms with Crippen LogP contribution in [0.1, 0.15) is 13.8 Å². The lowest BCUT2D eigenvalue weighted by atomic mass is 10.2. The number of benzene rings is 1. The monoisotopic (exact) mass is 195 g/mol. The summed E-state index contributed by atoms with van der Waals surface area (Å²) in [4.78, 5) is 0.522. The highest BCUT2D eigenvalue weighted by atomic mass is 32.2. The molecule has 0 atom stereocenters. The zero-order chi connectivity index (χ0) is 9.90. The highest BCUT2D eigenvalue weighted by molar-refractivity contribution is 8.00. The summed E-state index contributed by atoms with van der Waals surface area (Å²) in [7, 11) is 0. The molecule has 13 heavy (non-hydrogen) atoms. The second-order valence-corrected chi connectivity index (χ2v) is 4.82. The fraction of sp³-hybridized carbons (Fsp3) is 0.300. The summed E-state index contributed by atoms with van der Waals surface area (Å²) in [5, 5.41) is 8.75. The molecule has 0 aliphatic carbocycles. The Bertz CT molecular complexity index is 341. The topological polar surface area (TPSA) is 23.8 Å². The Morgan fingerprint density at radius 3 is 2.54 bits per heavy atom. The van der Waals surface area contributed by atoms with Gasteiger partial charge in [0.25, 0.3) is 0 Å². The average molecular weight is 195 g/mol. The normalized spacial score (nSPS) is 10.9. The van der Waals surface area contributed by atoms with Crippen molar-refractivity contribution in [3.05, 3.63) is 30.1 Å². The number of hydrogen-bond donors (Lipinski definition) is 0. The molecule has 0 spiro atoms. The minimum absolute atomic E-state index is 0.268. The molecule has 0 saturated heterocycles. The Morgan fingerprint density at radius 2 is 2.00 bits per heavy atom. The minimum Gasteiger partial charge on any atom is -0.206 e. The number of thioether (sulfide) groups is 1. The quantitative estimate of drug-likeness (QED) is 0.676. The van der Waals surface area contributed by atoms with Gasteiger partial charge in [-0.15, -0.1) is 11.8 Å². The van der Waals surface area contributed by atoms with Crippen molar-refractivity contribution in [1.29, 1.82) is 5.26 Å². The van der Waals surface area contributed by atoms with Crippen LogP contribution in [0, 0.1) is 17.1 Å². The van der Waals surface area contributed by atoms with E-state index in [-0.39, 0.29) is 5.82 Å². The van der Waals surface area contributed by atoms with Gasteiger partial charge in [0.05, 0.1) is 6.07 Å². The van der Waals surface area contributed by atoms with Crippen LogP contribution in [0.4, 0.5) is 4.39 Å². The standard InChI is InChI=1S/C10H10FNS/c1-10(2,7-12)13-9-6-4-3-5-8(9)11/h3-6H,1-2H3. The van der Waals surface area contributed by atoms with Crippen molar-refractivity contribution in [2.75, 3.05) is 0 Å². The van der Waals surface area contributed by atoms with Crippen LogP contribution in [0.25, 0.3) is 0 Å². The Labute approximate surface area is 81.6 Å². The second kappa shape index (κ2) is 3.80. The van der Waals surface area contributed by atoms with Gasteiger partial charge in [0.15, 0.2) is 0 Å². The van der Waals surface area contributed by atoms with Crippen molar-refractivity contribution in [3.63, 3.8) is 0 Å². The van der Waals surface area contributed by atoms with Crippen molar-refractivity contribution in [2.45, 2.75) is 23.5 Å². The lowest BCUT2D eigenvalue weighted by Gasteiger charge is -2.14. The van der Waals surface area contributed by atoms with E-state index in [9.17, 15) is 4.39 Å². The molecule has 0 fully saturated rings. The molecule has 1 nitrogen and oxygen atoms in total. The van der Waals surface area contributed by atoms with E-state index < -0.39 is 4.75 Å². The molecule has 0 aromatic heterocycles. The smallest absolute Gasteiger partial charge is 0.136 e. The lowest BCUT2D eigenvalue weighted by molar-refractivity contribution is 0.601. The van der Waals surface area contributed by atoms with Crippen LogP contribution in [-0.2, 0) is 0 Å². The van der Waals surface area contributed by atoms with Gasteiger partial charge in [-0.05, 0) is 26.0 Å². The van der Waals surface area contributed by atoms with Gasteiger partial charge >= 0.3 is 0 Å². The Morgan fingerprint density at radius 1 is 1.38 bits per heavy atom. The maximum Gasteiger partial charge on any atom is 0.136 e. The highest BCUT2D eigenvalue weighted by Gasteiger charge is 2.19. The molecule has 3 heteroatoms. The molecular weight excluding hydrogens is 185 g/mol. The minimum atomic E-state index is -0.581. The number of hydrogen-bond acceptors (Lipinski definition) is 2. The molecule has 0 radical (unpaired) electrons. The maximum absolute atomic E-state index is 13.1. The first-order valence-electron chi connectivity index (χ1n) is 3.90. The van der Waals surface area contributed by atoms with Gasteiger partial charge in [-0.3, -0.25) is 0 Å². The number of nitriles is 1. The van der Waals surface area contributed by atoms with Crippen LogP contribution in [0.3, 0.4) is 0 Å². The van der Waals surface area contributed by atoms with Crippen molar-refractivity contribution in [1.82, 2.24) is 0 Å². The van der Waals surface area contributed by atoms with Gasteiger partial charge in [-0.1, -0.05) is 12.1 Å². The summed E-state index contributed by atoms with van der Waals surface area (Å²) in [5.74, 6) is -0.268. The van der Waals surface area contributed by atoms with Crippen LogP contribution in [0.5, 0.6) is 0 Å². The van der Waals surface area contributed by atoms with E-state index in [1.165, 1.54) is 17.8 Å². The molecule has 68 valence electrons. The number of rotatable bonds is 2. The van der Waals surface area contributed by atoms with Crippen molar-refractivity contribution >= 4 is 11.8 Å². The predicted molar refractivity (Wildman–Crippen MR) is 51.9 cm³/mol. The molecule has 1 aromatic rings. The molecule has 0 N–H and O–H groups in total. The molecule has 1 aromatic carbocycles. The van der Waals surface area contributed by atoms with Gasteiger partial charge in [-0.25, -0.2) is 4.39 Å². The van der Waals surface area contributed by atoms with Crippen LogP contribution in [0.2, 0.25) is 0 Å². The highest BCUT2D eigenvalue weighted by Crippen LogP contribution is 2.33. The van der Waals surface area contributed by atoms with E-state index in [1.54, 1.807) is 32.0 Å². The SMILES string of the molecule is CC(C)(C#N)Sc1ccccc1F. The van der Waals surface area contributed by atoms with E-state index in [2.05, 4.69) is 6.07 Å². The maximum atomic E-state index is 13.1. The molecular formula is C10H10FNS. The van der Waals surface area contributed by atoms with Gasteiger partial charge < -0.3 is 0 Å². The molecule has 0 amide bonds. The molecule has 0 saturated carbocycles. The van der Waals surface area contributed by atoms with E-state index >= 15 is 0 Å². The third-order valence-electron chi connectivity index (χ3n) is 1.47. The van der Waals surface area contributed by atoms with E-state index in [0.29, 0.717) is 4.90 Å². The first kappa shape index (κ1) is 10.1. The molecule has 0 aliphatic heterocycles. The van der Waals surface area contributed by atoms with E-state index in [1.807, 2.05) is 0 Å². The van der Waals surface area contributed by atoms with Crippen molar-refractivity contribution in [2.24, 2.45) is 0 Å². The first-order chi connectivity index (χ1) is 6.05. The fourth-order valence-corrected chi connectivity index (χ4v) is 1.73. The molecule has 0 unspecified atom stereocenters. The molecule has 1 rings (SSSR count). The summed E-state index contributed by atoms with van der Waals surface area (Å²) in [5.41, 5.74) is 0. The summed E-state index contributed by atoms with van der Waals surface area (Å²) >= 11 is 1.24. The first-order valence-corrected chi connectivity index (χ1v) is 4.71. The second-order valence-electron chi connectivity index (χ2n) is 3.15. The number of halogens is 1. The van der Waals surface area contributed by atoms with E-state index in [0.717, 1.165) is 0 Å². The molecule has 0 bridgehead atoms. The van der Waals surface area contributed by atoms with Crippen LogP contribution >= 0.6 is 11.8 Å². The van der Waals surface area contributed by atoms with Crippen LogP contribution < -0.4 is 0 Å². The molecule has 0 heterocycles. The summed E-state index contributed by atoms with van der Waals surface area (Å²) in [6, 6.07) is 8.59. The fourth-order valence-electron chi connectivity index (χ4n) is 0.825. The predicted octanol–water partition coefficient (Wildman–Crippen LogP) is 3.22. The largest absolute Gasteiger partial charge is 0.206 e. The molecule has 0 aliphatic rings. The Balaban J connectivity index is 2.88. The Kier molecular flexibility index (Phi) is 2.94. The van der Waals surface area contributed by atoms with Crippen LogP contribution in [0.15, 0.2) is 29.2 Å². The Hall–Kier alpha value is -1.01. The zero-order valence-corrected chi connectivity index (χ0v) is 8.36. The lowest BCUT2D eigenvalue weighted by Crippen LogP contribution is -2.10. The summed E-state index contributed by atoms with van der Waals surface area (Å²) in [6.45, 7) is 3.54. The third kappa shape index (κ3) is 2.74. The van der Waals surface area contributed by atoms with Crippen molar-refractivity contribution < 1.29 is 4.39 Å². The number of nitrogens with zero attached hydrogens (tertiary/aromatic N) is 1. The zero-order valence-electron chi connectivity index (χ0n) is 7.54. The van der Waals surface area contributed by atoms with Gasteiger partial charge in [0.1, 0.15) is 10.6 Å². The third-order valence-corrected chi connectivity index (χ3v) is 2.62. The van der Waals surface area contributed by atoms with E-state index in [4.69, 9.17) is 5.26 Å². The summed E-state index contributed by atoms with van der Waals surface area (Å²) in [6.07, 6.45) is 0. The van der Waals surface area contributed by atoms with Gasteiger partial charge in [0, 0.05) is 4.90 Å². The average Bonchev–Trinajstić information content (AvgIpc) is 2.09. The van der Waals surface area contributed by atoms with Crippen molar-refractivity contribution in [3.8, 4) is 6.07 Å². The van der Waals surface area contributed by atoms with Gasteiger partial charge in [-0.2, -0.15) is 5.26 Å². The van der Waals surface area contributed by atoms with Crippen LogP contribution in [-0.4, -0.2) is 4.75 Å². The summed E-state index contributed by atoms with van der Waals surface area (Å²) < 4.78 is 12.5. The van der Waals surface area contributed by atoms with Gasteiger partial charge in [0.2, 0.25) is 0 Å².